The Kier molecular flexibility index (Phi) is 3.76. The molecular weight excluding hydrogens is 384 g/mol. The molecule has 0 amide bonds. The second kappa shape index (κ2) is 5.77. The van der Waals surface area contributed by atoms with Gasteiger partial charge in [0.05, 0.1) is 19.8 Å². The third-order valence-corrected chi connectivity index (χ3v) is 5.36. The number of methoxy groups -OCH3 is 2. The molecule has 9 nitrogen and oxygen atoms in total. The molecule has 2 aliphatic heterocycles. The quantitative estimate of drug-likeness (QED) is 0.523. The van der Waals surface area contributed by atoms with Crippen molar-refractivity contribution in [3.05, 3.63) is 34.4 Å². The van der Waals surface area contributed by atoms with Gasteiger partial charge in [0.15, 0.2) is 40.7 Å². The smallest absolute Gasteiger partial charge is 0.240 e. The number of benzene rings is 2. The van der Waals surface area contributed by atoms with Gasteiger partial charge < -0.3 is 34.3 Å². The highest BCUT2D eigenvalue weighted by Crippen LogP contribution is 2.60. The van der Waals surface area contributed by atoms with Crippen molar-refractivity contribution >= 4 is 12.1 Å². The molecule has 2 aromatic carbocycles. The predicted octanol–water partition coefficient (Wildman–Crippen LogP) is 2.33. The predicted molar refractivity (Wildman–Crippen MR) is 97.1 cm³/mol. The number of ketones is 1. The average molecular weight is 402 g/mol. The second-order valence-electron chi connectivity index (χ2n) is 7.05. The molecule has 29 heavy (non-hydrogen) atoms. The fourth-order valence-corrected chi connectivity index (χ4v) is 4.09. The number of hydrogen-bond donors (Lipinski definition) is 3. The van der Waals surface area contributed by atoms with Crippen LogP contribution in [0.2, 0.25) is 0 Å². The number of ether oxygens (including phenoxy) is 4. The molecule has 4 rings (SSSR count). The minimum Gasteiger partial charge on any atom is -0.504 e. The van der Waals surface area contributed by atoms with E-state index in [0.717, 1.165) is 0 Å². The van der Waals surface area contributed by atoms with Gasteiger partial charge in [-0.05, 0) is 19.1 Å². The van der Waals surface area contributed by atoms with Crippen LogP contribution in [0, 0.1) is 0 Å². The number of fused-ring (bicyclic) bond motifs is 6. The summed E-state index contributed by atoms with van der Waals surface area (Å²) >= 11 is 0. The number of phenolic OH excluding ortho intramolecular Hbond substituents is 3. The van der Waals surface area contributed by atoms with Crippen LogP contribution in [-0.4, -0.2) is 41.6 Å². The van der Waals surface area contributed by atoms with Gasteiger partial charge in [0.2, 0.25) is 17.3 Å². The van der Waals surface area contributed by atoms with Gasteiger partial charge in [0.1, 0.15) is 0 Å². The van der Waals surface area contributed by atoms with E-state index in [1.54, 1.807) is 0 Å². The Hall–Kier alpha value is -3.46. The van der Waals surface area contributed by atoms with E-state index in [9.17, 15) is 24.9 Å². The van der Waals surface area contributed by atoms with E-state index < -0.39 is 34.4 Å². The third-order valence-electron chi connectivity index (χ3n) is 5.36. The molecule has 2 bridgehead atoms. The monoisotopic (exact) mass is 402 g/mol. The zero-order valence-electron chi connectivity index (χ0n) is 16.0. The zero-order valence-corrected chi connectivity index (χ0v) is 16.0. The highest BCUT2D eigenvalue weighted by molar-refractivity contribution is 6.08. The van der Waals surface area contributed by atoms with Gasteiger partial charge in [-0.3, -0.25) is 9.59 Å². The summed E-state index contributed by atoms with van der Waals surface area (Å²) in [7, 11) is 2.58. The maximum Gasteiger partial charge on any atom is 0.240 e. The van der Waals surface area contributed by atoms with E-state index in [-0.39, 0.29) is 39.5 Å². The number of aromatic hydroxyl groups is 3. The lowest BCUT2D eigenvalue weighted by Crippen LogP contribution is -2.55. The van der Waals surface area contributed by atoms with Crippen molar-refractivity contribution in [2.75, 3.05) is 14.2 Å². The molecule has 3 N–H and O–H groups in total. The molecule has 9 heteroatoms. The highest BCUT2D eigenvalue weighted by Gasteiger charge is 2.60. The number of carbonyl (C=O) groups is 2. The van der Waals surface area contributed by atoms with E-state index in [2.05, 4.69) is 0 Å². The van der Waals surface area contributed by atoms with Crippen LogP contribution >= 0.6 is 0 Å². The summed E-state index contributed by atoms with van der Waals surface area (Å²) in [6.45, 7) is 2.86. The van der Waals surface area contributed by atoms with Crippen molar-refractivity contribution in [3.8, 4) is 34.5 Å². The molecule has 152 valence electrons. The minimum absolute atomic E-state index is 0.00814. The molecule has 0 saturated carbocycles. The van der Waals surface area contributed by atoms with Gasteiger partial charge >= 0.3 is 0 Å². The average Bonchev–Trinajstić information content (AvgIpc) is 2.69. The molecule has 0 saturated heterocycles. The van der Waals surface area contributed by atoms with Crippen LogP contribution < -0.4 is 14.2 Å². The maximum atomic E-state index is 13.5. The minimum atomic E-state index is -1.77. The lowest BCUT2D eigenvalue weighted by atomic mass is 9.76. The number of rotatable bonds is 3. The number of phenols is 3. The second-order valence-corrected chi connectivity index (χ2v) is 7.05. The summed E-state index contributed by atoms with van der Waals surface area (Å²) in [4.78, 5) is 25.2. The molecule has 0 aliphatic carbocycles. The normalized spacial score (nSPS) is 24.2. The Bertz CT molecular complexity index is 1090. The Morgan fingerprint density at radius 2 is 1.59 bits per heavy atom. The summed E-state index contributed by atoms with van der Waals surface area (Å²) < 4.78 is 22.0. The Balaban J connectivity index is 2.11. The maximum absolute atomic E-state index is 13.5. The van der Waals surface area contributed by atoms with Crippen LogP contribution in [0.15, 0.2) is 12.1 Å². The molecule has 2 aliphatic rings. The summed E-state index contributed by atoms with van der Waals surface area (Å²) in [6, 6.07) is 2.55. The van der Waals surface area contributed by atoms with E-state index in [0.29, 0.717) is 6.29 Å². The van der Waals surface area contributed by atoms with Gasteiger partial charge in [-0.1, -0.05) is 0 Å². The lowest BCUT2D eigenvalue weighted by Gasteiger charge is -2.49. The molecule has 0 spiro atoms. The zero-order chi connectivity index (χ0) is 21.3. The van der Waals surface area contributed by atoms with Crippen LogP contribution in [-0.2, 0) is 16.1 Å². The topological polar surface area (TPSA) is 132 Å². The summed E-state index contributed by atoms with van der Waals surface area (Å²) in [5, 5.41) is 31.4. The number of carbonyl (C=O) groups excluding carboxylic acids is 2. The Labute approximate surface area is 165 Å². The van der Waals surface area contributed by atoms with Gasteiger partial charge in [0.25, 0.3) is 0 Å². The standard InChI is InChI=1S/C20H18O9/c1-19-12-8(7-21)5-10(26-3)15(23)17(12)28-20(2,29-19)13-9(18(19)25)6-11(27-4)14(22)16(13)24/h5-7,22-24H,1-4H3/t19-,20-/m0/s1. The van der Waals surface area contributed by atoms with Crippen molar-refractivity contribution in [3.63, 3.8) is 0 Å². The molecule has 0 unspecified atom stereocenters. The summed E-state index contributed by atoms with van der Waals surface area (Å²) in [6.07, 6.45) is 0.499. The number of hydrogen-bond acceptors (Lipinski definition) is 9. The Morgan fingerprint density at radius 3 is 2.17 bits per heavy atom. The summed E-state index contributed by atoms with van der Waals surface area (Å²) in [5.41, 5.74) is -1.80. The van der Waals surface area contributed by atoms with Crippen molar-refractivity contribution in [1.29, 1.82) is 0 Å². The van der Waals surface area contributed by atoms with Crippen LogP contribution in [0.3, 0.4) is 0 Å². The van der Waals surface area contributed by atoms with Gasteiger partial charge in [-0.2, -0.15) is 0 Å². The van der Waals surface area contributed by atoms with Crippen molar-refractivity contribution in [1.82, 2.24) is 0 Å². The van der Waals surface area contributed by atoms with E-state index in [1.807, 2.05) is 0 Å². The fourth-order valence-electron chi connectivity index (χ4n) is 4.09. The molecule has 0 fully saturated rings. The van der Waals surface area contributed by atoms with Gasteiger partial charge in [0, 0.05) is 23.6 Å². The molecular formula is C20H18O9. The van der Waals surface area contributed by atoms with Crippen molar-refractivity contribution in [2.24, 2.45) is 0 Å². The molecule has 2 heterocycles. The van der Waals surface area contributed by atoms with E-state index in [1.165, 1.54) is 40.2 Å². The van der Waals surface area contributed by atoms with E-state index >= 15 is 0 Å². The lowest BCUT2D eigenvalue weighted by molar-refractivity contribution is -0.255. The van der Waals surface area contributed by atoms with E-state index in [4.69, 9.17) is 18.9 Å². The first-order chi connectivity index (χ1) is 13.6. The first-order valence-corrected chi connectivity index (χ1v) is 8.60. The summed E-state index contributed by atoms with van der Waals surface area (Å²) in [5.74, 6) is -4.40. The van der Waals surface area contributed by atoms with Crippen LogP contribution in [0.1, 0.15) is 45.7 Å². The van der Waals surface area contributed by atoms with Crippen LogP contribution in [0.25, 0.3) is 0 Å². The molecule has 0 aromatic heterocycles. The van der Waals surface area contributed by atoms with Crippen LogP contribution in [0.5, 0.6) is 34.5 Å². The largest absolute Gasteiger partial charge is 0.504 e. The number of aldehydes is 1. The van der Waals surface area contributed by atoms with Crippen molar-refractivity contribution in [2.45, 2.75) is 25.2 Å². The molecule has 0 radical (unpaired) electrons. The fraction of sp³-hybridized carbons (Fsp3) is 0.300. The van der Waals surface area contributed by atoms with Crippen LogP contribution in [0.4, 0.5) is 0 Å². The Morgan fingerprint density at radius 1 is 0.966 bits per heavy atom. The first-order valence-electron chi connectivity index (χ1n) is 8.60. The SMILES string of the molecule is COc1cc2c(c(O)c1O)[C@@]1(C)Oc3c(O)c(OC)cc(C=O)c3[C@](C)(O1)C2=O. The van der Waals surface area contributed by atoms with Crippen molar-refractivity contribution < 1.29 is 43.9 Å². The molecule has 2 atom stereocenters. The third kappa shape index (κ3) is 2.18. The highest BCUT2D eigenvalue weighted by atomic mass is 16.7. The number of Topliss-reactive ketones (excluding diaryl/α,β-unsaturated/α-hetero) is 1. The van der Waals surface area contributed by atoms with Gasteiger partial charge in [-0.15, -0.1) is 0 Å². The first kappa shape index (κ1) is 18.9. The molecule has 2 aromatic rings. The van der Waals surface area contributed by atoms with Gasteiger partial charge in [-0.25, -0.2) is 0 Å².